The fourth-order valence-corrected chi connectivity index (χ4v) is 5.73. The van der Waals surface area contributed by atoms with Gasteiger partial charge in [0.25, 0.3) is 5.91 Å². The summed E-state index contributed by atoms with van der Waals surface area (Å²) >= 11 is 0. The Kier molecular flexibility index (Phi) is 8.98. The van der Waals surface area contributed by atoms with Crippen molar-refractivity contribution in [2.45, 2.75) is 89.2 Å². The van der Waals surface area contributed by atoms with Crippen LogP contribution < -0.4 is 10.6 Å². The number of nitrogens with two attached hydrogens (primary N) is 1. The third-order valence-corrected chi connectivity index (χ3v) is 12.0. The maximum Gasteiger partial charge on any atom is 0.419 e. The van der Waals surface area contributed by atoms with E-state index in [0.717, 1.165) is 12.4 Å². The molecule has 0 bridgehead atoms. The number of aromatic nitrogens is 2. The molecule has 2 N–H and O–H groups in total. The largest absolute Gasteiger partial charge is 0.444 e. The van der Waals surface area contributed by atoms with Gasteiger partial charge in [0.1, 0.15) is 12.2 Å². The number of rotatable bonds is 8. The van der Waals surface area contributed by atoms with Gasteiger partial charge in [-0.15, -0.1) is 0 Å². The second-order valence-electron chi connectivity index (χ2n) is 11.4. The van der Waals surface area contributed by atoms with Crippen LogP contribution >= 0.6 is 0 Å². The van der Waals surface area contributed by atoms with Crippen molar-refractivity contribution in [1.82, 2.24) is 14.9 Å². The van der Waals surface area contributed by atoms with Gasteiger partial charge in [-0.05, 0) is 31.5 Å². The van der Waals surface area contributed by atoms with Crippen LogP contribution in [-0.4, -0.2) is 85.8 Å². The van der Waals surface area contributed by atoms with E-state index < -0.39 is 44.5 Å². The molecule has 0 aromatic carbocycles. The van der Waals surface area contributed by atoms with Crippen LogP contribution in [-0.2, 0) is 24.9 Å². The number of amides is 2. The minimum absolute atomic E-state index is 0.0424. The van der Waals surface area contributed by atoms with Crippen LogP contribution in [0, 0.1) is 0 Å². The van der Waals surface area contributed by atoms with E-state index in [4.69, 9.17) is 19.6 Å². The maximum absolute atomic E-state index is 13.3. The highest BCUT2D eigenvalue weighted by atomic mass is 28.4. The fraction of sp³-hybridized carbons (Fsp3) is 0.750. The zero-order valence-corrected chi connectivity index (χ0v) is 23.7. The van der Waals surface area contributed by atoms with Crippen molar-refractivity contribution >= 4 is 26.3 Å². The maximum atomic E-state index is 13.3. The molecule has 14 heteroatoms. The topological polar surface area (TPSA) is 120 Å². The Morgan fingerprint density at radius 3 is 2.37 bits per heavy atom. The van der Waals surface area contributed by atoms with Crippen LogP contribution in [0.2, 0.25) is 18.1 Å². The second kappa shape index (κ2) is 11.3. The van der Waals surface area contributed by atoms with Gasteiger partial charge < -0.3 is 29.4 Å². The van der Waals surface area contributed by atoms with E-state index >= 15 is 0 Å². The number of ether oxygens (including phenoxy) is 2. The normalized spacial score (nSPS) is 24.0. The number of primary amides is 1. The van der Waals surface area contributed by atoms with E-state index in [2.05, 4.69) is 43.8 Å². The Morgan fingerprint density at radius 2 is 1.82 bits per heavy atom. The molecule has 0 radical (unpaired) electrons. The Labute approximate surface area is 222 Å². The molecule has 10 nitrogen and oxygen atoms in total. The van der Waals surface area contributed by atoms with Crippen molar-refractivity contribution in [3.8, 4) is 0 Å². The fourth-order valence-electron chi connectivity index (χ4n) is 4.39. The molecule has 0 saturated carbocycles. The van der Waals surface area contributed by atoms with E-state index in [1.807, 2.05) is 4.90 Å². The predicted molar refractivity (Wildman–Crippen MR) is 136 cm³/mol. The van der Waals surface area contributed by atoms with E-state index in [9.17, 15) is 22.8 Å². The van der Waals surface area contributed by atoms with Crippen LogP contribution in [0.4, 0.5) is 23.9 Å². The number of carbonyl (C=O) groups is 2. The Balaban J connectivity index is 1.76. The smallest absolute Gasteiger partial charge is 0.419 e. The number of likely N-dealkylation sites (tertiary alicyclic amines) is 1. The van der Waals surface area contributed by atoms with Crippen molar-refractivity contribution in [2.75, 3.05) is 31.1 Å². The Morgan fingerprint density at radius 1 is 1.18 bits per heavy atom. The quantitative estimate of drug-likeness (QED) is 0.479. The predicted octanol–water partition coefficient (Wildman–Crippen LogP) is 3.57. The SMILES string of the molecule is CC(CO[C@@H]1CCN([C@@H]2CCN(c3ncc(C(F)(F)F)cn3)C[C@H]2O[Si](C)(C)C(C)(C)C)C1=O)OC(N)=O. The van der Waals surface area contributed by atoms with Crippen LogP contribution in [0.15, 0.2) is 12.4 Å². The first-order valence-corrected chi connectivity index (χ1v) is 15.6. The summed E-state index contributed by atoms with van der Waals surface area (Å²) in [6.45, 7) is 13.5. The van der Waals surface area contributed by atoms with Crippen LogP contribution in [0.5, 0.6) is 0 Å². The number of hydrogen-bond donors (Lipinski definition) is 1. The average Bonchev–Trinajstić information content (AvgIpc) is 3.15. The monoisotopic (exact) mass is 561 g/mol. The first-order valence-electron chi connectivity index (χ1n) is 12.7. The lowest BCUT2D eigenvalue weighted by molar-refractivity contribution is -0.142. The molecule has 38 heavy (non-hydrogen) atoms. The van der Waals surface area contributed by atoms with Crippen molar-refractivity contribution < 1.29 is 36.7 Å². The van der Waals surface area contributed by atoms with Gasteiger partial charge in [-0.3, -0.25) is 4.79 Å². The molecule has 1 aromatic rings. The van der Waals surface area contributed by atoms with Gasteiger partial charge in [0.2, 0.25) is 5.95 Å². The van der Waals surface area contributed by atoms with E-state index in [1.165, 1.54) is 0 Å². The Bertz CT molecular complexity index is 989. The van der Waals surface area contributed by atoms with Crippen molar-refractivity contribution in [2.24, 2.45) is 5.73 Å². The third kappa shape index (κ3) is 7.14. The van der Waals surface area contributed by atoms with Crippen LogP contribution in [0.3, 0.4) is 0 Å². The van der Waals surface area contributed by atoms with Gasteiger partial charge in [-0.25, -0.2) is 14.8 Å². The number of piperidine rings is 1. The van der Waals surface area contributed by atoms with E-state index in [0.29, 0.717) is 32.5 Å². The minimum atomic E-state index is -4.52. The standard InChI is InChI=1S/C24H38F3N5O5Si/c1-15(36-21(28)34)14-35-18-8-10-32(20(18)33)17-7-9-31(13-19(17)37-38(5,6)23(2,3)4)22-29-11-16(12-30-22)24(25,26)27/h11-12,15,17-19H,7-10,13-14H2,1-6H3,(H2,28,34)/t15?,17-,18-,19-/m1/s1. The van der Waals surface area contributed by atoms with E-state index in [-0.39, 0.29) is 29.5 Å². The summed E-state index contributed by atoms with van der Waals surface area (Å²) in [5.74, 6) is 0.0296. The first-order chi connectivity index (χ1) is 17.5. The molecule has 4 atom stereocenters. The number of alkyl halides is 3. The molecule has 3 rings (SSSR count). The van der Waals surface area contributed by atoms with Crippen LogP contribution in [0.25, 0.3) is 0 Å². The Hall–Kier alpha value is -2.45. The molecule has 2 aliphatic rings. The molecular weight excluding hydrogens is 523 g/mol. The molecule has 2 amide bonds. The van der Waals surface area contributed by atoms with Gasteiger partial charge in [0.15, 0.2) is 8.32 Å². The molecule has 1 aromatic heterocycles. The average molecular weight is 562 g/mol. The summed E-state index contributed by atoms with van der Waals surface area (Å²) in [5, 5.41) is -0.0953. The van der Waals surface area contributed by atoms with Gasteiger partial charge in [-0.1, -0.05) is 20.8 Å². The summed E-state index contributed by atoms with van der Waals surface area (Å²) in [7, 11) is -2.28. The third-order valence-electron chi connectivity index (χ3n) is 7.47. The molecule has 0 spiro atoms. The summed E-state index contributed by atoms with van der Waals surface area (Å²) in [6, 6.07) is -0.241. The molecule has 3 heterocycles. The lowest BCUT2D eigenvalue weighted by Gasteiger charge is -2.47. The van der Waals surface area contributed by atoms with Crippen molar-refractivity contribution in [3.05, 3.63) is 18.0 Å². The second-order valence-corrected chi connectivity index (χ2v) is 16.1. The number of halogens is 3. The summed E-state index contributed by atoms with van der Waals surface area (Å²) in [5.41, 5.74) is 4.13. The molecular formula is C24H38F3N5O5Si. The number of carbonyl (C=O) groups excluding carboxylic acids is 2. The minimum Gasteiger partial charge on any atom is -0.444 e. The van der Waals surface area contributed by atoms with Crippen molar-refractivity contribution in [3.63, 3.8) is 0 Å². The lowest BCUT2D eigenvalue weighted by Crippen LogP contribution is -2.60. The molecule has 2 fully saturated rings. The highest BCUT2D eigenvalue weighted by Crippen LogP contribution is 2.39. The highest BCUT2D eigenvalue weighted by Gasteiger charge is 2.47. The summed E-state index contributed by atoms with van der Waals surface area (Å²) in [6.07, 6.45) is -4.49. The molecule has 214 valence electrons. The van der Waals surface area contributed by atoms with E-state index in [1.54, 1.807) is 11.8 Å². The highest BCUT2D eigenvalue weighted by molar-refractivity contribution is 6.74. The first kappa shape index (κ1) is 30.1. The van der Waals surface area contributed by atoms with Gasteiger partial charge >= 0.3 is 12.3 Å². The summed E-state index contributed by atoms with van der Waals surface area (Å²) < 4.78 is 56.3. The lowest BCUT2D eigenvalue weighted by atomic mass is 10.0. The van der Waals surface area contributed by atoms with Gasteiger partial charge in [-0.2, -0.15) is 13.2 Å². The van der Waals surface area contributed by atoms with Gasteiger partial charge in [0.05, 0.1) is 24.3 Å². The molecule has 2 saturated heterocycles. The number of nitrogens with zero attached hydrogens (tertiary/aromatic N) is 4. The molecule has 2 aliphatic heterocycles. The number of hydrogen-bond acceptors (Lipinski definition) is 8. The van der Waals surface area contributed by atoms with Crippen molar-refractivity contribution in [1.29, 1.82) is 0 Å². The molecule has 0 aliphatic carbocycles. The number of anilines is 1. The van der Waals surface area contributed by atoms with Crippen LogP contribution in [0.1, 0.15) is 46.1 Å². The zero-order valence-electron chi connectivity index (χ0n) is 22.7. The summed E-state index contributed by atoms with van der Waals surface area (Å²) in [4.78, 5) is 35.8. The molecule has 1 unspecified atom stereocenters. The zero-order chi connectivity index (χ0) is 28.5. The van der Waals surface area contributed by atoms with Gasteiger partial charge in [0, 0.05) is 38.4 Å².